The monoisotopic (exact) mass is 326 g/mol. The fraction of sp³-hybridized carbons (Fsp3) is 1.00. The Morgan fingerprint density at radius 1 is 1.09 bits per heavy atom. The van der Waals surface area contributed by atoms with Gasteiger partial charge >= 0.3 is 0 Å². The zero-order valence-electron chi connectivity index (χ0n) is 16.1. The first kappa shape index (κ1) is 20.4. The molecule has 1 aliphatic rings. The van der Waals surface area contributed by atoms with Crippen molar-refractivity contribution in [3.63, 3.8) is 0 Å². The van der Waals surface area contributed by atoms with Gasteiger partial charge in [-0.2, -0.15) is 12.6 Å². The SMILES string of the molecule is CCCCCC1CC(C)(CCS)CC1(C)CCCC(C)CC. The van der Waals surface area contributed by atoms with E-state index in [1.807, 2.05) is 0 Å². The molecule has 132 valence electrons. The molecule has 0 radical (unpaired) electrons. The molecule has 0 N–H and O–H groups in total. The molecule has 1 rings (SSSR count). The molecule has 0 spiro atoms. The zero-order chi connectivity index (χ0) is 16.6. The van der Waals surface area contributed by atoms with Crippen LogP contribution in [-0.4, -0.2) is 5.75 Å². The number of hydrogen-bond acceptors (Lipinski definition) is 1. The van der Waals surface area contributed by atoms with Crippen molar-refractivity contribution in [2.75, 3.05) is 5.75 Å². The van der Waals surface area contributed by atoms with Crippen LogP contribution >= 0.6 is 12.6 Å². The van der Waals surface area contributed by atoms with Gasteiger partial charge in [-0.25, -0.2) is 0 Å². The second-order valence-electron chi connectivity index (χ2n) is 8.92. The molecule has 0 bridgehead atoms. The zero-order valence-corrected chi connectivity index (χ0v) is 17.0. The summed E-state index contributed by atoms with van der Waals surface area (Å²) in [5.74, 6) is 2.93. The number of thiol groups is 1. The normalized spacial score (nSPS) is 33.3. The van der Waals surface area contributed by atoms with Gasteiger partial charge < -0.3 is 0 Å². The molecule has 1 aliphatic carbocycles. The molecule has 1 heteroatoms. The summed E-state index contributed by atoms with van der Waals surface area (Å²) in [5, 5.41) is 0. The van der Waals surface area contributed by atoms with Crippen molar-refractivity contribution < 1.29 is 0 Å². The molecular weight excluding hydrogens is 284 g/mol. The summed E-state index contributed by atoms with van der Waals surface area (Å²) in [6, 6.07) is 0. The van der Waals surface area contributed by atoms with Crippen LogP contribution in [0.1, 0.15) is 105 Å². The van der Waals surface area contributed by atoms with Crippen LogP contribution < -0.4 is 0 Å². The minimum Gasteiger partial charge on any atom is -0.179 e. The van der Waals surface area contributed by atoms with Crippen molar-refractivity contribution in [1.82, 2.24) is 0 Å². The lowest BCUT2D eigenvalue weighted by Gasteiger charge is -2.33. The van der Waals surface area contributed by atoms with E-state index in [9.17, 15) is 0 Å². The molecule has 0 aromatic heterocycles. The predicted molar refractivity (Wildman–Crippen MR) is 105 cm³/mol. The second kappa shape index (κ2) is 9.60. The maximum Gasteiger partial charge on any atom is -0.00927 e. The molecule has 4 unspecified atom stereocenters. The first-order valence-corrected chi connectivity index (χ1v) is 10.6. The summed E-state index contributed by atoms with van der Waals surface area (Å²) >= 11 is 4.53. The Hall–Kier alpha value is 0.350. The average molecular weight is 327 g/mol. The predicted octanol–water partition coefficient (Wildman–Crippen LogP) is 7.53. The molecule has 1 fully saturated rings. The van der Waals surface area contributed by atoms with Gasteiger partial charge in [-0.05, 0) is 60.5 Å². The van der Waals surface area contributed by atoms with E-state index in [1.165, 1.54) is 70.6 Å². The van der Waals surface area contributed by atoms with E-state index in [1.54, 1.807) is 0 Å². The molecular formula is C21H42S. The summed E-state index contributed by atoms with van der Waals surface area (Å²) in [7, 11) is 0. The van der Waals surface area contributed by atoms with Crippen LogP contribution in [0, 0.1) is 22.7 Å². The van der Waals surface area contributed by atoms with E-state index >= 15 is 0 Å². The third kappa shape index (κ3) is 6.10. The summed E-state index contributed by atoms with van der Waals surface area (Å²) in [5.41, 5.74) is 1.16. The number of unbranched alkanes of at least 4 members (excludes halogenated alkanes) is 2. The van der Waals surface area contributed by atoms with Crippen LogP contribution in [0.2, 0.25) is 0 Å². The van der Waals surface area contributed by atoms with Crippen LogP contribution in [0.3, 0.4) is 0 Å². The second-order valence-corrected chi connectivity index (χ2v) is 9.36. The van der Waals surface area contributed by atoms with Gasteiger partial charge in [-0.3, -0.25) is 0 Å². The fourth-order valence-corrected chi connectivity index (χ4v) is 5.48. The molecule has 1 saturated carbocycles. The van der Waals surface area contributed by atoms with Crippen LogP contribution in [-0.2, 0) is 0 Å². The van der Waals surface area contributed by atoms with Crippen molar-refractivity contribution in [1.29, 1.82) is 0 Å². The highest BCUT2D eigenvalue weighted by Crippen LogP contribution is 2.58. The van der Waals surface area contributed by atoms with Crippen LogP contribution in [0.15, 0.2) is 0 Å². The lowest BCUT2D eigenvalue weighted by atomic mass is 9.72. The van der Waals surface area contributed by atoms with Gasteiger partial charge in [0.25, 0.3) is 0 Å². The molecule has 4 atom stereocenters. The topological polar surface area (TPSA) is 0 Å². The molecule has 22 heavy (non-hydrogen) atoms. The molecule has 0 aliphatic heterocycles. The van der Waals surface area contributed by atoms with Gasteiger partial charge in [0, 0.05) is 0 Å². The molecule has 0 heterocycles. The standard InChI is InChI=1S/C21H42S/c1-6-8-9-12-19-16-20(4,14-15-22)17-21(19,5)13-10-11-18(3)7-2/h18-19,22H,6-17H2,1-5H3. The quantitative estimate of drug-likeness (QED) is 0.294. The summed E-state index contributed by atoms with van der Waals surface area (Å²) < 4.78 is 0. The van der Waals surface area contributed by atoms with Crippen molar-refractivity contribution in [3.05, 3.63) is 0 Å². The van der Waals surface area contributed by atoms with E-state index in [-0.39, 0.29) is 0 Å². The Morgan fingerprint density at radius 3 is 2.41 bits per heavy atom. The third-order valence-electron chi connectivity index (χ3n) is 6.57. The molecule has 0 saturated heterocycles. The third-order valence-corrected chi connectivity index (χ3v) is 6.79. The van der Waals surface area contributed by atoms with Gasteiger partial charge in [-0.15, -0.1) is 0 Å². The highest BCUT2D eigenvalue weighted by Gasteiger charge is 2.48. The summed E-state index contributed by atoms with van der Waals surface area (Å²) in [4.78, 5) is 0. The van der Waals surface area contributed by atoms with E-state index < -0.39 is 0 Å². The molecule has 0 nitrogen and oxygen atoms in total. The molecule has 0 amide bonds. The van der Waals surface area contributed by atoms with Crippen molar-refractivity contribution in [2.24, 2.45) is 22.7 Å². The lowest BCUT2D eigenvalue weighted by molar-refractivity contribution is 0.178. The Balaban J connectivity index is 2.63. The van der Waals surface area contributed by atoms with Crippen LogP contribution in [0.5, 0.6) is 0 Å². The largest absolute Gasteiger partial charge is 0.179 e. The number of rotatable bonds is 11. The molecule has 0 aromatic carbocycles. The van der Waals surface area contributed by atoms with Gasteiger partial charge in [0.05, 0.1) is 0 Å². The van der Waals surface area contributed by atoms with Gasteiger partial charge in [-0.1, -0.05) is 73.1 Å². The lowest BCUT2D eigenvalue weighted by Crippen LogP contribution is -2.22. The highest BCUT2D eigenvalue weighted by atomic mass is 32.1. The van der Waals surface area contributed by atoms with Crippen LogP contribution in [0.25, 0.3) is 0 Å². The molecule has 0 aromatic rings. The van der Waals surface area contributed by atoms with Gasteiger partial charge in [0.2, 0.25) is 0 Å². The minimum atomic E-state index is 0.559. The van der Waals surface area contributed by atoms with Crippen molar-refractivity contribution in [2.45, 2.75) is 105 Å². The average Bonchev–Trinajstić information content (AvgIpc) is 2.70. The maximum absolute atomic E-state index is 4.53. The Labute approximate surface area is 146 Å². The fourth-order valence-electron chi connectivity index (χ4n) is 4.94. The first-order valence-electron chi connectivity index (χ1n) is 10.00. The van der Waals surface area contributed by atoms with E-state index in [2.05, 4.69) is 47.2 Å². The minimum absolute atomic E-state index is 0.559. The Bertz CT molecular complexity index is 300. The van der Waals surface area contributed by atoms with Crippen molar-refractivity contribution in [3.8, 4) is 0 Å². The van der Waals surface area contributed by atoms with E-state index in [4.69, 9.17) is 0 Å². The Kier molecular flexibility index (Phi) is 8.90. The maximum atomic E-state index is 4.53. The first-order chi connectivity index (χ1) is 10.4. The van der Waals surface area contributed by atoms with Crippen molar-refractivity contribution >= 4 is 12.6 Å². The smallest absolute Gasteiger partial charge is 0.00927 e. The Morgan fingerprint density at radius 2 is 1.82 bits per heavy atom. The summed E-state index contributed by atoms with van der Waals surface area (Å²) in [6.07, 6.45) is 15.5. The van der Waals surface area contributed by atoms with Gasteiger partial charge in [0.1, 0.15) is 0 Å². The van der Waals surface area contributed by atoms with E-state index in [0.29, 0.717) is 10.8 Å². The summed E-state index contributed by atoms with van der Waals surface area (Å²) in [6.45, 7) is 12.2. The highest BCUT2D eigenvalue weighted by molar-refractivity contribution is 7.80. The van der Waals surface area contributed by atoms with Gasteiger partial charge in [0.15, 0.2) is 0 Å². The van der Waals surface area contributed by atoms with Crippen LogP contribution in [0.4, 0.5) is 0 Å². The van der Waals surface area contributed by atoms with E-state index in [0.717, 1.165) is 17.6 Å². The number of hydrogen-bond donors (Lipinski definition) is 1.